The second kappa shape index (κ2) is 4.01. The lowest BCUT2D eigenvalue weighted by atomic mass is 10.0. The molecular formula is C13H15N3O2. The van der Waals surface area contributed by atoms with Crippen LogP contribution in [0.2, 0.25) is 0 Å². The van der Waals surface area contributed by atoms with Crippen LogP contribution in [0.4, 0.5) is 11.4 Å². The highest BCUT2D eigenvalue weighted by atomic mass is 16.2. The van der Waals surface area contributed by atoms with Gasteiger partial charge < -0.3 is 9.80 Å². The zero-order valence-electron chi connectivity index (χ0n) is 10.2. The van der Waals surface area contributed by atoms with Crippen molar-refractivity contribution in [1.82, 2.24) is 5.32 Å². The van der Waals surface area contributed by atoms with Gasteiger partial charge in [-0.15, -0.1) is 0 Å². The summed E-state index contributed by atoms with van der Waals surface area (Å²) in [6, 6.07) is 7.78. The Morgan fingerprint density at radius 1 is 1.22 bits per heavy atom. The average molecular weight is 245 g/mol. The van der Waals surface area contributed by atoms with Gasteiger partial charge in [-0.1, -0.05) is 12.1 Å². The summed E-state index contributed by atoms with van der Waals surface area (Å²) < 4.78 is 0. The van der Waals surface area contributed by atoms with Gasteiger partial charge in [0, 0.05) is 13.5 Å². The number of nitrogens with zero attached hydrogens (tertiary/aromatic N) is 2. The Bertz CT molecular complexity index is 515. The molecule has 1 aromatic rings. The highest BCUT2D eigenvalue weighted by Crippen LogP contribution is 2.36. The van der Waals surface area contributed by atoms with Gasteiger partial charge in [0.1, 0.15) is 6.04 Å². The minimum absolute atomic E-state index is 0.169. The number of carbonyl (C=O) groups excluding carboxylic acids is 2. The highest BCUT2D eigenvalue weighted by molar-refractivity contribution is 6.02. The summed E-state index contributed by atoms with van der Waals surface area (Å²) in [5.41, 5.74) is 2.19. The zero-order chi connectivity index (χ0) is 12.7. The van der Waals surface area contributed by atoms with Crippen LogP contribution in [0.15, 0.2) is 24.3 Å². The Balaban J connectivity index is 1.91. The van der Waals surface area contributed by atoms with Crippen molar-refractivity contribution < 1.29 is 9.59 Å². The quantitative estimate of drug-likeness (QED) is 0.740. The van der Waals surface area contributed by atoms with Gasteiger partial charge in [-0.05, 0) is 18.6 Å². The number of imide groups is 1. The molecule has 0 radical (unpaired) electrons. The van der Waals surface area contributed by atoms with Gasteiger partial charge in [-0.25, -0.2) is 0 Å². The number of rotatable bonds is 1. The molecule has 1 fully saturated rings. The van der Waals surface area contributed by atoms with Crippen molar-refractivity contribution in [3.05, 3.63) is 24.3 Å². The van der Waals surface area contributed by atoms with E-state index in [9.17, 15) is 9.59 Å². The van der Waals surface area contributed by atoms with Gasteiger partial charge in [0.25, 0.3) is 0 Å². The van der Waals surface area contributed by atoms with Crippen molar-refractivity contribution in [3.8, 4) is 0 Å². The van der Waals surface area contributed by atoms with Gasteiger partial charge >= 0.3 is 0 Å². The lowest BCUT2D eigenvalue weighted by molar-refractivity contribution is -0.134. The maximum absolute atomic E-state index is 11.9. The number of benzene rings is 1. The molecule has 0 aliphatic carbocycles. The van der Waals surface area contributed by atoms with E-state index in [1.54, 1.807) is 0 Å². The van der Waals surface area contributed by atoms with Gasteiger partial charge in [0.05, 0.1) is 18.0 Å². The topological polar surface area (TPSA) is 52.6 Å². The molecule has 3 rings (SSSR count). The molecule has 2 aliphatic heterocycles. The van der Waals surface area contributed by atoms with E-state index < -0.39 is 0 Å². The highest BCUT2D eigenvalue weighted by Gasteiger charge is 2.36. The number of piperidine rings is 1. The molecule has 1 unspecified atom stereocenters. The number of amides is 2. The summed E-state index contributed by atoms with van der Waals surface area (Å²) in [5.74, 6) is -0.353. The van der Waals surface area contributed by atoms with Crippen molar-refractivity contribution in [2.45, 2.75) is 18.9 Å². The van der Waals surface area contributed by atoms with Crippen molar-refractivity contribution in [2.24, 2.45) is 0 Å². The number of hydrogen-bond donors (Lipinski definition) is 1. The SMILES string of the molecule is CN1CN(C2CCC(=O)NC2=O)c2ccccc21. The van der Waals surface area contributed by atoms with Gasteiger partial charge in [0.2, 0.25) is 11.8 Å². The maximum Gasteiger partial charge on any atom is 0.249 e. The van der Waals surface area contributed by atoms with E-state index in [1.807, 2.05) is 31.3 Å². The zero-order valence-corrected chi connectivity index (χ0v) is 10.2. The second-order valence-electron chi connectivity index (χ2n) is 4.76. The Morgan fingerprint density at radius 2 is 1.94 bits per heavy atom. The molecule has 5 nitrogen and oxygen atoms in total. The molecule has 2 heterocycles. The summed E-state index contributed by atoms with van der Waals surface area (Å²) in [5, 5.41) is 2.41. The standard InChI is InChI=1S/C13H15N3O2/c1-15-8-16(10-5-3-2-4-9(10)15)11-6-7-12(17)14-13(11)18/h2-5,11H,6-8H2,1H3,(H,14,17,18). The minimum Gasteiger partial charge on any atom is -0.355 e. The average Bonchev–Trinajstić information content (AvgIpc) is 2.68. The maximum atomic E-state index is 11.9. The van der Waals surface area contributed by atoms with Crippen LogP contribution in [0.5, 0.6) is 0 Å². The molecule has 2 amide bonds. The van der Waals surface area contributed by atoms with Gasteiger partial charge in [-0.2, -0.15) is 0 Å². The van der Waals surface area contributed by atoms with E-state index >= 15 is 0 Å². The molecule has 1 saturated heterocycles. The first-order chi connectivity index (χ1) is 8.66. The van der Waals surface area contributed by atoms with E-state index in [4.69, 9.17) is 0 Å². The third kappa shape index (κ3) is 1.63. The Hall–Kier alpha value is -2.04. The van der Waals surface area contributed by atoms with E-state index in [-0.39, 0.29) is 17.9 Å². The molecule has 5 heteroatoms. The van der Waals surface area contributed by atoms with Crippen molar-refractivity contribution in [1.29, 1.82) is 0 Å². The fraction of sp³-hybridized carbons (Fsp3) is 0.385. The van der Waals surface area contributed by atoms with Crippen LogP contribution in [0.3, 0.4) is 0 Å². The molecular weight excluding hydrogens is 230 g/mol. The Morgan fingerprint density at radius 3 is 2.67 bits per heavy atom. The van der Waals surface area contributed by atoms with Crippen LogP contribution < -0.4 is 15.1 Å². The lowest BCUT2D eigenvalue weighted by Crippen LogP contribution is -2.53. The fourth-order valence-corrected chi connectivity index (χ4v) is 2.66. The van der Waals surface area contributed by atoms with Crippen LogP contribution in [0.1, 0.15) is 12.8 Å². The van der Waals surface area contributed by atoms with E-state index in [2.05, 4.69) is 15.1 Å². The van der Waals surface area contributed by atoms with Gasteiger partial charge in [-0.3, -0.25) is 14.9 Å². The molecule has 0 aromatic heterocycles. The molecule has 1 atom stereocenters. The van der Waals surface area contributed by atoms with Gasteiger partial charge in [0.15, 0.2) is 0 Å². The van der Waals surface area contributed by atoms with Crippen LogP contribution >= 0.6 is 0 Å². The molecule has 0 spiro atoms. The van der Waals surface area contributed by atoms with E-state index in [0.717, 1.165) is 11.4 Å². The van der Waals surface area contributed by atoms with Crippen molar-refractivity contribution in [3.63, 3.8) is 0 Å². The first-order valence-electron chi connectivity index (χ1n) is 6.07. The predicted octanol–water partition coefficient (Wildman–Crippen LogP) is 0.706. The number of nitrogens with one attached hydrogen (secondary N) is 1. The smallest absolute Gasteiger partial charge is 0.249 e. The Labute approximate surface area is 105 Å². The van der Waals surface area contributed by atoms with Crippen LogP contribution in [0.25, 0.3) is 0 Å². The van der Waals surface area contributed by atoms with Crippen LogP contribution in [-0.4, -0.2) is 31.6 Å². The summed E-state index contributed by atoms with van der Waals surface area (Å²) in [4.78, 5) is 27.3. The number of fused-ring (bicyclic) bond motifs is 1. The molecule has 2 aliphatic rings. The lowest BCUT2D eigenvalue weighted by Gasteiger charge is -2.31. The molecule has 18 heavy (non-hydrogen) atoms. The van der Waals surface area contributed by atoms with Crippen LogP contribution in [-0.2, 0) is 9.59 Å². The first-order valence-corrected chi connectivity index (χ1v) is 6.07. The molecule has 1 aromatic carbocycles. The largest absolute Gasteiger partial charge is 0.355 e. The first kappa shape index (κ1) is 11.1. The van der Waals surface area contributed by atoms with E-state index in [0.29, 0.717) is 19.5 Å². The predicted molar refractivity (Wildman–Crippen MR) is 68.4 cm³/mol. The Kier molecular flexibility index (Phi) is 2.47. The van der Waals surface area contributed by atoms with Crippen LogP contribution in [0, 0.1) is 0 Å². The number of hydrogen-bond acceptors (Lipinski definition) is 4. The number of para-hydroxylation sites is 2. The summed E-state index contributed by atoms with van der Waals surface area (Å²) in [6.45, 7) is 0.686. The number of carbonyl (C=O) groups is 2. The summed E-state index contributed by atoms with van der Waals surface area (Å²) >= 11 is 0. The molecule has 1 N–H and O–H groups in total. The molecule has 0 bridgehead atoms. The summed E-state index contributed by atoms with van der Waals surface area (Å²) in [6.07, 6.45) is 1.01. The molecule has 0 saturated carbocycles. The molecule has 94 valence electrons. The van der Waals surface area contributed by atoms with Crippen molar-refractivity contribution >= 4 is 23.2 Å². The van der Waals surface area contributed by atoms with E-state index in [1.165, 1.54) is 0 Å². The summed E-state index contributed by atoms with van der Waals surface area (Å²) in [7, 11) is 2.00. The second-order valence-corrected chi connectivity index (χ2v) is 4.76. The monoisotopic (exact) mass is 245 g/mol. The third-order valence-electron chi connectivity index (χ3n) is 3.55. The normalized spacial score (nSPS) is 23.1. The number of anilines is 2. The third-order valence-corrected chi connectivity index (χ3v) is 3.55. The fourth-order valence-electron chi connectivity index (χ4n) is 2.66. The van der Waals surface area contributed by atoms with Crippen molar-refractivity contribution in [2.75, 3.05) is 23.5 Å². The minimum atomic E-state index is -0.242.